The molecular weight excluding hydrogens is 254 g/mol. The lowest BCUT2D eigenvalue weighted by Gasteiger charge is -2.07. The van der Waals surface area contributed by atoms with Crippen molar-refractivity contribution in [1.29, 1.82) is 0 Å². The SMILES string of the molecule is Cc1cc(N)nc(SCc2ccc(C(C)C)cc2)n1. The Bertz CT molecular complexity index is 530. The summed E-state index contributed by atoms with van der Waals surface area (Å²) in [6, 6.07) is 10.5. The second-order valence-corrected chi connectivity index (χ2v) is 5.84. The summed E-state index contributed by atoms with van der Waals surface area (Å²) in [6.07, 6.45) is 0. The minimum absolute atomic E-state index is 0.533. The molecule has 0 saturated carbocycles. The molecule has 4 heteroatoms. The molecular formula is C15H19N3S. The third-order valence-electron chi connectivity index (χ3n) is 2.87. The number of thioether (sulfide) groups is 1. The maximum absolute atomic E-state index is 5.72. The molecule has 0 aliphatic rings. The summed E-state index contributed by atoms with van der Waals surface area (Å²) >= 11 is 1.61. The molecule has 1 heterocycles. The molecule has 0 aliphatic heterocycles. The number of aromatic nitrogens is 2. The highest BCUT2D eigenvalue weighted by Gasteiger charge is 2.03. The molecule has 0 aliphatic carbocycles. The van der Waals surface area contributed by atoms with E-state index in [4.69, 9.17) is 5.73 Å². The van der Waals surface area contributed by atoms with Crippen molar-refractivity contribution in [3.63, 3.8) is 0 Å². The quantitative estimate of drug-likeness (QED) is 0.680. The van der Waals surface area contributed by atoms with Crippen LogP contribution in [0.25, 0.3) is 0 Å². The van der Waals surface area contributed by atoms with E-state index in [2.05, 4.69) is 48.1 Å². The first-order valence-electron chi connectivity index (χ1n) is 6.37. The Hall–Kier alpha value is -1.55. The van der Waals surface area contributed by atoms with Gasteiger partial charge in [-0.3, -0.25) is 0 Å². The van der Waals surface area contributed by atoms with Gasteiger partial charge in [0.15, 0.2) is 5.16 Å². The van der Waals surface area contributed by atoms with Gasteiger partial charge in [0.2, 0.25) is 0 Å². The minimum Gasteiger partial charge on any atom is -0.384 e. The van der Waals surface area contributed by atoms with E-state index in [1.807, 2.05) is 6.92 Å². The van der Waals surface area contributed by atoms with Gasteiger partial charge < -0.3 is 5.73 Å². The highest BCUT2D eigenvalue weighted by molar-refractivity contribution is 7.98. The summed E-state index contributed by atoms with van der Waals surface area (Å²) in [7, 11) is 0. The monoisotopic (exact) mass is 273 g/mol. The zero-order valence-electron chi connectivity index (χ0n) is 11.6. The first kappa shape index (κ1) is 13.9. The van der Waals surface area contributed by atoms with Crippen LogP contribution in [0.15, 0.2) is 35.5 Å². The average molecular weight is 273 g/mol. The second-order valence-electron chi connectivity index (χ2n) is 4.90. The fourth-order valence-electron chi connectivity index (χ4n) is 1.78. The lowest BCUT2D eigenvalue weighted by molar-refractivity contribution is 0.866. The topological polar surface area (TPSA) is 51.8 Å². The van der Waals surface area contributed by atoms with Gasteiger partial charge in [-0.15, -0.1) is 0 Å². The molecule has 0 bridgehead atoms. The standard InChI is InChI=1S/C15H19N3S/c1-10(2)13-6-4-12(5-7-13)9-19-15-17-11(3)8-14(16)18-15/h4-8,10H,9H2,1-3H3,(H2,16,17,18). The number of hydrogen-bond acceptors (Lipinski definition) is 4. The van der Waals surface area contributed by atoms with Crippen molar-refractivity contribution in [2.75, 3.05) is 5.73 Å². The highest BCUT2D eigenvalue weighted by atomic mass is 32.2. The van der Waals surface area contributed by atoms with Crippen LogP contribution in [0.4, 0.5) is 5.82 Å². The van der Waals surface area contributed by atoms with E-state index in [0.29, 0.717) is 11.7 Å². The van der Waals surface area contributed by atoms with Crippen molar-refractivity contribution >= 4 is 17.6 Å². The third kappa shape index (κ3) is 3.96. The van der Waals surface area contributed by atoms with E-state index >= 15 is 0 Å². The lowest BCUT2D eigenvalue weighted by Crippen LogP contribution is -1.96. The number of benzene rings is 1. The molecule has 0 amide bonds. The molecule has 2 aromatic rings. The molecule has 0 fully saturated rings. The van der Waals surface area contributed by atoms with Crippen LogP contribution in [0.5, 0.6) is 0 Å². The van der Waals surface area contributed by atoms with Crippen LogP contribution in [-0.2, 0) is 5.75 Å². The van der Waals surface area contributed by atoms with Gasteiger partial charge >= 0.3 is 0 Å². The molecule has 100 valence electrons. The number of nitrogens with two attached hydrogens (primary N) is 1. The van der Waals surface area contributed by atoms with Crippen molar-refractivity contribution in [1.82, 2.24) is 9.97 Å². The number of aryl methyl sites for hydroxylation is 1. The van der Waals surface area contributed by atoms with E-state index in [1.165, 1.54) is 11.1 Å². The van der Waals surface area contributed by atoms with E-state index < -0.39 is 0 Å². The van der Waals surface area contributed by atoms with Crippen molar-refractivity contribution in [3.05, 3.63) is 47.2 Å². The van der Waals surface area contributed by atoms with Crippen LogP contribution >= 0.6 is 11.8 Å². The molecule has 2 N–H and O–H groups in total. The Morgan fingerprint density at radius 2 is 1.84 bits per heavy atom. The van der Waals surface area contributed by atoms with Crippen LogP contribution in [-0.4, -0.2) is 9.97 Å². The average Bonchev–Trinajstić information content (AvgIpc) is 2.36. The molecule has 1 aromatic carbocycles. The van der Waals surface area contributed by atoms with Crippen molar-refractivity contribution < 1.29 is 0 Å². The number of nitrogens with zero attached hydrogens (tertiary/aromatic N) is 2. The Morgan fingerprint density at radius 3 is 2.42 bits per heavy atom. The van der Waals surface area contributed by atoms with Gasteiger partial charge in [-0.2, -0.15) is 0 Å². The fraction of sp³-hybridized carbons (Fsp3) is 0.333. The van der Waals surface area contributed by atoms with Gasteiger partial charge in [0.05, 0.1) is 0 Å². The minimum atomic E-state index is 0.533. The van der Waals surface area contributed by atoms with Gasteiger partial charge in [0.1, 0.15) is 5.82 Å². The molecule has 2 rings (SSSR count). The van der Waals surface area contributed by atoms with Crippen LogP contribution in [0.2, 0.25) is 0 Å². The maximum atomic E-state index is 5.72. The summed E-state index contributed by atoms with van der Waals surface area (Å²) in [5.41, 5.74) is 9.27. The number of hydrogen-bond donors (Lipinski definition) is 1. The highest BCUT2D eigenvalue weighted by Crippen LogP contribution is 2.22. The summed E-state index contributed by atoms with van der Waals surface area (Å²) in [5.74, 6) is 1.97. The maximum Gasteiger partial charge on any atom is 0.190 e. The molecule has 0 atom stereocenters. The molecule has 1 aromatic heterocycles. The Morgan fingerprint density at radius 1 is 1.16 bits per heavy atom. The van der Waals surface area contributed by atoms with E-state index in [0.717, 1.165) is 16.6 Å². The Labute approximate surface area is 118 Å². The van der Waals surface area contributed by atoms with Gasteiger partial charge in [0, 0.05) is 17.5 Å². The van der Waals surface area contributed by atoms with Gasteiger partial charge in [-0.1, -0.05) is 49.9 Å². The predicted octanol–water partition coefficient (Wildman–Crippen LogP) is 3.78. The van der Waals surface area contributed by atoms with E-state index in [1.54, 1.807) is 17.8 Å². The van der Waals surface area contributed by atoms with Crippen LogP contribution in [0.3, 0.4) is 0 Å². The molecule has 0 radical (unpaired) electrons. The van der Waals surface area contributed by atoms with Crippen LogP contribution in [0.1, 0.15) is 36.6 Å². The second kappa shape index (κ2) is 6.06. The van der Waals surface area contributed by atoms with Crippen molar-refractivity contribution in [2.24, 2.45) is 0 Å². The Balaban J connectivity index is 2.02. The third-order valence-corrected chi connectivity index (χ3v) is 3.79. The Kier molecular flexibility index (Phi) is 4.43. The summed E-state index contributed by atoms with van der Waals surface area (Å²) < 4.78 is 0. The van der Waals surface area contributed by atoms with Crippen molar-refractivity contribution in [3.8, 4) is 0 Å². The fourth-order valence-corrected chi connectivity index (χ4v) is 2.64. The summed E-state index contributed by atoms with van der Waals surface area (Å²) in [5, 5.41) is 0.741. The molecule has 0 spiro atoms. The zero-order chi connectivity index (χ0) is 13.8. The van der Waals surface area contributed by atoms with Crippen molar-refractivity contribution in [2.45, 2.75) is 37.6 Å². The number of anilines is 1. The molecule has 19 heavy (non-hydrogen) atoms. The normalized spacial score (nSPS) is 10.9. The summed E-state index contributed by atoms with van der Waals surface area (Å²) in [6.45, 7) is 6.33. The van der Waals surface area contributed by atoms with Crippen LogP contribution in [0, 0.1) is 6.92 Å². The lowest BCUT2D eigenvalue weighted by atomic mass is 10.0. The zero-order valence-corrected chi connectivity index (χ0v) is 12.4. The van der Waals surface area contributed by atoms with Gasteiger partial charge in [-0.25, -0.2) is 9.97 Å². The van der Waals surface area contributed by atoms with Crippen LogP contribution < -0.4 is 5.73 Å². The summed E-state index contributed by atoms with van der Waals surface area (Å²) in [4.78, 5) is 8.59. The van der Waals surface area contributed by atoms with E-state index in [-0.39, 0.29) is 0 Å². The van der Waals surface area contributed by atoms with Gasteiger partial charge in [0.25, 0.3) is 0 Å². The predicted molar refractivity (Wildman–Crippen MR) is 81.3 cm³/mol. The first-order valence-corrected chi connectivity index (χ1v) is 7.36. The first-order chi connectivity index (χ1) is 9.04. The molecule has 0 saturated heterocycles. The number of rotatable bonds is 4. The molecule has 0 unspecified atom stereocenters. The smallest absolute Gasteiger partial charge is 0.190 e. The number of nitrogen functional groups attached to an aromatic ring is 1. The molecule has 3 nitrogen and oxygen atoms in total. The van der Waals surface area contributed by atoms with E-state index in [9.17, 15) is 0 Å². The largest absolute Gasteiger partial charge is 0.384 e. The van der Waals surface area contributed by atoms with Gasteiger partial charge in [-0.05, 0) is 24.0 Å².